The standard InChI is InChI=1S/C24H27N3O3/c1-4-14-30-21-12-10-19(16-22(21)29-3)11-13-24(28)25-23-15-18(2)26-27(23)17-20-8-6-5-7-9-20/h5-13,15-16H,4,14,17H2,1-3H3,(H,25,28)/b13-11+. The lowest BCUT2D eigenvalue weighted by atomic mass is 10.2. The molecular formula is C24H27N3O3. The third-order valence-electron chi connectivity index (χ3n) is 4.41. The van der Waals surface area contributed by atoms with E-state index < -0.39 is 0 Å². The van der Waals surface area contributed by atoms with E-state index >= 15 is 0 Å². The van der Waals surface area contributed by atoms with Crippen LogP contribution in [0.5, 0.6) is 11.5 Å². The van der Waals surface area contributed by atoms with Crippen molar-refractivity contribution in [3.63, 3.8) is 0 Å². The van der Waals surface area contributed by atoms with Crippen molar-refractivity contribution in [3.05, 3.63) is 77.5 Å². The van der Waals surface area contributed by atoms with E-state index in [0.29, 0.717) is 30.5 Å². The van der Waals surface area contributed by atoms with Gasteiger partial charge in [-0.05, 0) is 42.7 Å². The minimum absolute atomic E-state index is 0.227. The van der Waals surface area contributed by atoms with Crippen LogP contribution in [-0.4, -0.2) is 29.4 Å². The van der Waals surface area contributed by atoms with Gasteiger partial charge in [-0.3, -0.25) is 4.79 Å². The monoisotopic (exact) mass is 405 g/mol. The van der Waals surface area contributed by atoms with Crippen LogP contribution in [0.2, 0.25) is 0 Å². The van der Waals surface area contributed by atoms with Gasteiger partial charge in [0.05, 0.1) is 26.0 Å². The number of aromatic nitrogens is 2. The van der Waals surface area contributed by atoms with E-state index in [-0.39, 0.29) is 5.91 Å². The van der Waals surface area contributed by atoms with Crippen LogP contribution in [0.4, 0.5) is 5.82 Å². The summed E-state index contributed by atoms with van der Waals surface area (Å²) < 4.78 is 12.8. The lowest BCUT2D eigenvalue weighted by Gasteiger charge is -2.10. The van der Waals surface area contributed by atoms with E-state index in [4.69, 9.17) is 9.47 Å². The third-order valence-corrected chi connectivity index (χ3v) is 4.41. The summed E-state index contributed by atoms with van der Waals surface area (Å²) in [4.78, 5) is 12.5. The average molecular weight is 405 g/mol. The molecule has 3 rings (SSSR count). The lowest BCUT2D eigenvalue weighted by molar-refractivity contribution is -0.111. The van der Waals surface area contributed by atoms with Gasteiger partial charge in [0, 0.05) is 12.1 Å². The Labute approximate surface area is 177 Å². The number of ether oxygens (including phenoxy) is 2. The molecule has 0 atom stereocenters. The first kappa shape index (κ1) is 21.2. The second-order valence-corrected chi connectivity index (χ2v) is 6.90. The van der Waals surface area contributed by atoms with E-state index in [1.807, 2.05) is 61.5 Å². The molecule has 0 fully saturated rings. The van der Waals surface area contributed by atoms with E-state index in [1.165, 1.54) is 6.08 Å². The Balaban J connectivity index is 1.68. The molecule has 0 saturated heterocycles. The molecular weight excluding hydrogens is 378 g/mol. The highest BCUT2D eigenvalue weighted by Crippen LogP contribution is 2.28. The quantitative estimate of drug-likeness (QED) is 0.525. The first-order valence-corrected chi connectivity index (χ1v) is 9.97. The predicted octanol–water partition coefficient (Wildman–Crippen LogP) is 4.69. The number of nitrogens with zero attached hydrogens (tertiary/aromatic N) is 2. The van der Waals surface area contributed by atoms with Gasteiger partial charge in [0.15, 0.2) is 11.5 Å². The van der Waals surface area contributed by atoms with Crippen molar-refractivity contribution < 1.29 is 14.3 Å². The number of carbonyl (C=O) groups is 1. The number of anilines is 1. The maximum atomic E-state index is 12.5. The van der Waals surface area contributed by atoms with Gasteiger partial charge in [0.2, 0.25) is 5.91 Å². The molecule has 1 aromatic heterocycles. The molecule has 6 heteroatoms. The molecule has 6 nitrogen and oxygen atoms in total. The normalized spacial score (nSPS) is 10.9. The maximum absolute atomic E-state index is 12.5. The highest BCUT2D eigenvalue weighted by atomic mass is 16.5. The summed E-state index contributed by atoms with van der Waals surface area (Å²) in [6.07, 6.45) is 4.16. The third kappa shape index (κ3) is 5.73. The molecule has 30 heavy (non-hydrogen) atoms. The van der Waals surface area contributed by atoms with Crippen LogP contribution < -0.4 is 14.8 Å². The van der Waals surface area contributed by atoms with Gasteiger partial charge in [-0.1, -0.05) is 43.3 Å². The maximum Gasteiger partial charge on any atom is 0.249 e. The molecule has 2 aromatic carbocycles. The molecule has 1 amide bonds. The van der Waals surface area contributed by atoms with Crippen molar-refractivity contribution in [1.82, 2.24) is 9.78 Å². The average Bonchev–Trinajstić information content (AvgIpc) is 3.10. The minimum atomic E-state index is -0.227. The molecule has 0 aliphatic rings. The van der Waals surface area contributed by atoms with Gasteiger partial charge >= 0.3 is 0 Å². The number of rotatable bonds is 9. The summed E-state index contributed by atoms with van der Waals surface area (Å²) in [7, 11) is 1.60. The molecule has 0 saturated carbocycles. The van der Waals surface area contributed by atoms with Crippen molar-refractivity contribution in [2.45, 2.75) is 26.8 Å². The summed E-state index contributed by atoms with van der Waals surface area (Å²) >= 11 is 0. The molecule has 156 valence electrons. The van der Waals surface area contributed by atoms with Crippen molar-refractivity contribution in [2.75, 3.05) is 19.0 Å². The van der Waals surface area contributed by atoms with E-state index in [1.54, 1.807) is 17.9 Å². The Bertz CT molecular complexity index is 1010. The molecule has 1 heterocycles. The Hall–Kier alpha value is -3.54. The van der Waals surface area contributed by atoms with E-state index in [2.05, 4.69) is 17.3 Å². The molecule has 0 unspecified atom stereocenters. The number of hydrogen-bond donors (Lipinski definition) is 1. The van der Waals surface area contributed by atoms with Crippen molar-refractivity contribution >= 4 is 17.8 Å². The zero-order valence-corrected chi connectivity index (χ0v) is 17.6. The van der Waals surface area contributed by atoms with Crippen molar-refractivity contribution in [3.8, 4) is 11.5 Å². The molecule has 3 aromatic rings. The smallest absolute Gasteiger partial charge is 0.249 e. The highest BCUT2D eigenvalue weighted by Gasteiger charge is 2.09. The van der Waals surface area contributed by atoms with Gasteiger partial charge < -0.3 is 14.8 Å². The summed E-state index contributed by atoms with van der Waals surface area (Å²) in [5.74, 6) is 1.77. The number of benzene rings is 2. The summed E-state index contributed by atoms with van der Waals surface area (Å²) in [5.41, 5.74) is 2.81. The van der Waals surface area contributed by atoms with Crippen LogP contribution in [-0.2, 0) is 11.3 Å². The first-order chi connectivity index (χ1) is 14.6. The number of hydrogen-bond acceptors (Lipinski definition) is 4. The second-order valence-electron chi connectivity index (χ2n) is 6.90. The molecule has 1 N–H and O–H groups in total. The fourth-order valence-electron chi connectivity index (χ4n) is 2.98. The largest absolute Gasteiger partial charge is 0.493 e. The summed E-state index contributed by atoms with van der Waals surface area (Å²) in [5, 5.41) is 7.39. The molecule has 0 radical (unpaired) electrons. The van der Waals surface area contributed by atoms with Gasteiger partial charge in [-0.25, -0.2) is 4.68 Å². The zero-order valence-electron chi connectivity index (χ0n) is 17.6. The Kier molecular flexibility index (Phi) is 7.27. The highest BCUT2D eigenvalue weighted by molar-refractivity contribution is 6.01. The van der Waals surface area contributed by atoms with Crippen LogP contribution in [0, 0.1) is 6.92 Å². The molecule has 0 bridgehead atoms. The van der Waals surface area contributed by atoms with Gasteiger partial charge in [-0.15, -0.1) is 0 Å². The van der Waals surface area contributed by atoms with Crippen LogP contribution >= 0.6 is 0 Å². The number of carbonyl (C=O) groups excluding carboxylic acids is 1. The van der Waals surface area contributed by atoms with Crippen LogP contribution in [0.15, 0.2) is 60.7 Å². The fraction of sp³-hybridized carbons (Fsp3) is 0.250. The second kappa shape index (κ2) is 10.3. The minimum Gasteiger partial charge on any atom is -0.493 e. The molecule has 0 aliphatic carbocycles. The number of amides is 1. The Morgan fingerprint density at radius 3 is 2.67 bits per heavy atom. The number of methoxy groups -OCH3 is 1. The van der Waals surface area contributed by atoms with Crippen LogP contribution in [0.3, 0.4) is 0 Å². The van der Waals surface area contributed by atoms with Crippen LogP contribution in [0.25, 0.3) is 6.08 Å². The molecule has 0 aliphatic heterocycles. The van der Waals surface area contributed by atoms with E-state index in [9.17, 15) is 4.79 Å². The first-order valence-electron chi connectivity index (χ1n) is 9.97. The molecule has 0 spiro atoms. The van der Waals surface area contributed by atoms with Gasteiger partial charge in [0.25, 0.3) is 0 Å². The summed E-state index contributed by atoms with van der Waals surface area (Å²) in [6, 6.07) is 17.5. The van der Waals surface area contributed by atoms with Crippen molar-refractivity contribution in [2.24, 2.45) is 0 Å². The van der Waals surface area contributed by atoms with Gasteiger partial charge in [0.1, 0.15) is 5.82 Å². The zero-order chi connectivity index (χ0) is 21.3. The van der Waals surface area contributed by atoms with Crippen molar-refractivity contribution in [1.29, 1.82) is 0 Å². The SMILES string of the molecule is CCCOc1ccc(/C=C/C(=O)Nc2cc(C)nn2Cc2ccccc2)cc1OC. The van der Waals surface area contributed by atoms with Crippen LogP contribution in [0.1, 0.15) is 30.2 Å². The number of aryl methyl sites for hydroxylation is 1. The predicted molar refractivity (Wildman–Crippen MR) is 119 cm³/mol. The van der Waals surface area contributed by atoms with Gasteiger partial charge in [-0.2, -0.15) is 5.10 Å². The Morgan fingerprint density at radius 2 is 1.93 bits per heavy atom. The topological polar surface area (TPSA) is 65.4 Å². The Morgan fingerprint density at radius 1 is 1.13 bits per heavy atom. The van der Waals surface area contributed by atoms with E-state index in [0.717, 1.165) is 23.2 Å². The lowest BCUT2D eigenvalue weighted by Crippen LogP contribution is -2.13. The summed E-state index contributed by atoms with van der Waals surface area (Å²) in [6.45, 7) is 5.17. The fourth-order valence-corrected chi connectivity index (χ4v) is 2.98. The number of nitrogens with one attached hydrogen (secondary N) is 1.